The molecule has 156 valence electrons. The molecule has 2 saturated heterocycles. The van der Waals surface area contributed by atoms with Crippen molar-refractivity contribution >= 4 is 5.91 Å². The van der Waals surface area contributed by atoms with Crippen LogP contribution in [0.4, 0.5) is 0 Å². The molecular formula is C22H35N3O3. The molecule has 6 nitrogen and oxygen atoms in total. The number of piperidine rings is 1. The monoisotopic (exact) mass is 389 g/mol. The van der Waals surface area contributed by atoms with Crippen molar-refractivity contribution in [2.75, 3.05) is 60.5 Å². The molecule has 0 radical (unpaired) electrons. The lowest BCUT2D eigenvalue weighted by Crippen LogP contribution is -2.51. The van der Waals surface area contributed by atoms with E-state index in [1.54, 1.807) is 14.2 Å². The highest BCUT2D eigenvalue weighted by Crippen LogP contribution is 2.28. The molecule has 1 amide bonds. The first kappa shape index (κ1) is 20.9. The van der Waals surface area contributed by atoms with Crippen LogP contribution in [0, 0.1) is 0 Å². The summed E-state index contributed by atoms with van der Waals surface area (Å²) in [7, 11) is 5.51. The molecule has 1 aromatic carbocycles. The standard InChI is InChI=1S/C22H35N3O3/c1-23(14-10-18-8-9-20(27-2)21(15-18)28-3)19-7-6-13-25(16-19)22(26)17-24-11-4-5-12-24/h8-9,15,19H,4-7,10-14,16-17H2,1-3H3. The maximum atomic E-state index is 12.7. The van der Waals surface area contributed by atoms with Crippen LogP contribution in [0.2, 0.25) is 0 Å². The van der Waals surface area contributed by atoms with Gasteiger partial charge in [0.15, 0.2) is 11.5 Å². The van der Waals surface area contributed by atoms with Crippen molar-refractivity contribution in [1.29, 1.82) is 0 Å². The third kappa shape index (κ3) is 5.39. The Labute approximate surface area is 169 Å². The topological polar surface area (TPSA) is 45.2 Å². The normalized spacial score (nSPS) is 20.6. The fraction of sp³-hybridized carbons (Fsp3) is 0.682. The van der Waals surface area contributed by atoms with Gasteiger partial charge in [-0.3, -0.25) is 9.69 Å². The molecule has 2 heterocycles. The minimum absolute atomic E-state index is 0.305. The number of carbonyl (C=O) groups is 1. The Morgan fingerprint density at radius 3 is 2.57 bits per heavy atom. The molecule has 1 atom stereocenters. The maximum Gasteiger partial charge on any atom is 0.236 e. The SMILES string of the molecule is COc1ccc(CCN(C)C2CCCN(C(=O)CN3CCCC3)C2)cc1OC. The van der Waals surface area contributed by atoms with E-state index in [9.17, 15) is 4.79 Å². The van der Waals surface area contributed by atoms with Gasteiger partial charge in [0.25, 0.3) is 0 Å². The van der Waals surface area contributed by atoms with Gasteiger partial charge in [-0.15, -0.1) is 0 Å². The van der Waals surface area contributed by atoms with Gasteiger partial charge in [-0.1, -0.05) is 6.07 Å². The largest absolute Gasteiger partial charge is 0.493 e. The zero-order chi connectivity index (χ0) is 19.9. The lowest BCUT2D eigenvalue weighted by atomic mass is 10.0. The molecule has 0 aliphatic carbocycles. The van der Waals surface area contributed by atoms with E-state index in [2.05, 4.69) is 33.9 Å². The van der Waals surface area contributed by atoms with Gasteiger partial charge in [-0.2, -0.15) is 0 Å². The van der Waals surface area contributed by atoms with Gasteiger partial charge in [0.1, 0.15) is 0 Å². The quantitative estimate of drug-likeness (QED) is 0.683. The average molecular weight is 390 g/mol. The predicted octanol–water partition coefficient (Wildman–Crippen LogP) is 2.26. The number of ether oxygens (including phenoxy) is 2. The zero-order valence-corrected chi connectivity index (χ0v) is 17.7. The molecule has 28 heavy (non-hydrogen) atoms. The van der Waals surface area contributed by atoms with Crippen molar-refractivity contribution in [3.63, 3.8) is 0 Å². The average Bonchev–Trinajstić information content (AvgIpc) is 3.24. The summed E-state index contributed by atoms with van der Waals surface area (Å²) < 4.78 is 10.7. The van der Waals surface area contributed by atoms with Gasteiger partial charge in [0.05, 0.1) is 20.8 Å². The highest BCUT2D eigenvalue weighted by molar-refractivity contribution is 5.78. The molecule has 0 N–H and O–H groups in total. The first-order chi connectivity index (χ1) is 13.6. The summed E-state index contributed by atoms with van der Waals surface area (Å²) in [5.74, 6) is 1.85. The fourth-order valence-corrected chi connectivity index (χ4v) is 4.30. The third-order valence-electron chi connectivity index (χ3n) is 6.13. The molecule has 1 unspecified atom stereocenters. The highest BCUT2D eigenvalue weighted by Gasteiger charge is 2.27. The Morgan fingerprint density at radius 1 is 1.11 bits per heavy atom. The molecule has 0 saturated carbocycles. The molecule has 6 heteroatoms. The van der Waals surface area contributed by atoms with Crippen LogP contribution in [0.3, 0.4) is 0 Å². The van der Waals surface area contributed by atoms with Crippen LogP contribution in [0.1, 0.15) is 31.2 Å². The van der Waals surface area contributed by atoms with E-state index in [0.29, 0.717) is 18.5 Å². The first-order valence-corrected chi connectivity index (χ1v) is 10.5. The van der Waals surface area contributed by atoms with Gasteiger partial charge in [0.2, 0.25) is 5.91 Å². The number of amides is 1. The molecule has 2 aliphatic heterocycles. The molecule has 0 aromatic heterocycles. The van der Waals surface area contributed by atoms with Crippen LogP contribution >= 0.6 is 0 Å². The summed E-state index contributed by atoms with van der Waals surface area (Å²) in [5.41, 5.74) is 1.24. The molecule has 0 spiro atoms. The number of hydrogen-bond donors (Lipinski definition) is 0. The second-order valence-corrected chi connectivity index (χ2v) is 8.04. The number of benzene rings is 1. The van der Waals surface area contributed by atoms with Crippen molar-refractivity contribution in [3.8, 4) is 11.5 Å². The van der Waals surface area contributed by atoms with E-state index in [1.165, 1.54) is 18.4 Å². The highest BCUT2D eigenvalue weighted by atomic mass is 16.5. The zero-order valence-electron chi connectivity index (χ0n) is 17.7. The Balaban J connectivity index is 1.49. The van der Waals surface area contributed by atoms with Crippen LogP contribution < -0.4 is 9.47 Å². The second-order valence-electron chi connectivity index (χ2n) is 8.04. The fourth-order valence-electron chi connectivity index (χ4n) is 4.30. The number of likely N-dealkylation sites (tertiary alicyclic amines) is 2. The van der Waals surface area contributed by atoms with Crippen molar-refractivity contribution in [3.05, 3.63) is 23.8 Å². The summed E-state index contributed by atoms with van der Waals surface area (Å²) in [6.07, 6.45) is 5.67. The Morgan fingerprint density at radius 2 is 1.86 bits per heavy atom. The number of carbonyl (C=O) groups excluding carboxylic acids is 1. The summed E-state index contributed by atoms with van der Waals surface area (Å²) >= 11 is 0. The van der Waals surface area contributed by atoms with Gasteiger partial charge in [-0.05, 0) is 69.9 Å². The Kier molecular flexibility index (Phi) is 7.57. The molecule has 1 aromatic rings. The Bertz CT molecular complexity index is 646. The van der Waals surface area contributed by atoms with Crippen LogP contribution in [0.15, 0.2) is 18.2 Å². The molecule has 2 fully saturated rings. The summed E-state index contributed by atoms with van der Waals surface area (Å²) in [6.45, 7) is 5.49. The van der Waals surface area contributed by atoms with Crippen LogP contribution in [0.25, 0.3) is 0 Å². The number of likely N-dealkylation sites (N-methyl/N-ethyl adjacent to an activating group) is 1. The first-order valence-electron chi connectivity index (χ1n) is 10.5. The number of rotatable bonds is 8. The van der Waals surface area contributed by atoms with Crippen LogP contribution in [-0.2, 0) is 11.2 Å². The van der Waals surface area contributed by atoms with Crippen LogP contribution in [-0.4, -0.2) is 87.2 Å². The van der Waals surface area contributed by atoms with Gasteiger partial charge >= 0.3 is 0 Å². The van der Waals surface area contributed by atoms with E-state index in [-0.39, 0.29) is 0 Å². The lowest BCUT2D eigenvalue weighted by Gasteiger charge is -2.38. The predicted molar refractivity (Wildman–Crippen MR) is 111 cm³/mol. The maximum absolute atomic E-state index is 12.7. The molecular weight excluding hydrogens is 354 g/mol. The van der Waals surface area contributed by atoms with E-state index in [1.807, 2.05) is 6.07 Å². The number of nitrogens with zero attached hydrogens (tertiary/aromatic N) is 3. The van der Waals surface area contributed by atoms with E-state index in [0.717, 1.165) is 63.5 Å². The third-order valence-corrected chi connectivity index (χ3v) is 6.13. The summed E-state index contributed by atoms with van der Waals surface area (Å²) in [6, 6.07) is 6.56. The van der Waals surface area contributed by atoms with E-state index in [4.69, 9.17) is 9.47 Å². The number of hydrogen-bond acceptors (Lipinski definition) is 5. The van der Waals surface area contributed by atoms with Crippen molar-refractivity contribution in [1.82, 2.24) is 14.7 Å². The van der Waals surface area contributed by atoms with E-state index >= 15 is 0 Å². The van der Waals surface area contributed by atoms with Crippen molar-refractivity contribution < 1.29 is 14.3 Å². The Hall–Kier alpha value is -1.79. The minimum Gasteiger partial charge on any atom is -0.493 e. The summed E-state index contributed by atoms with van der Waals surface area (Å²) in [4.78, 5) is 19.5. The molecule has 2 aliphatic rings. The van der Waals surface area contributed by atoms with Gasteiger partial charge < -0.3 is 19.3 Å². The molecule has 0 bridgehead atoms. The minimum atomic E-state index is 0.305. The van der Waals surface area contributed by atoms with Gasteiger partial charge in [-0.25, -0.2) is 0 Å². The van der Waals surface area contributed by atoms with E-state index < -0.39 is 0 Å². The molecule has 3 rings (SSSR count). The van der Waals surface area contributed by atoms with Crippen LogP contribution in [0.5, 0.6) is 11.5 Å². The number of methoxy groups -OCH3 is 2. The smallest absolute Gasteiger partial charge is 0.236 e. The van der Waals surface area contributed by atoms with Gasteiger partial charge in [0, 0.05) is 25.7 Å². The van der Waals surface area contributed by atoms with Crippen molar-refractivity contribution in [2.24, 2.45) is 0 Å². The van der Waals surface area contributed by atoms with Crippen molar-refractivity contribution in [2.45, 2.75) is 38.1 Å². The second kappa shape index (κ2) is 10.1. The summed E-state index contributed by atoms with van der Waals surface area (Å²) in [5, 5.41) is 0. The lowest BCUT2D eigenvalue weighted by molar-refractivity contribution is -0.134.